The quantitative estimate of drug-likeness (QED) is 0.393. The van der Waals surface area contributed by atoms with Gasteiger partial charge in [0.15, 0.2) is 0 Å². The van der Waals surface area contributed by atoms with E-state index in [9.17, 15) is 4.79 Å². The van der Waals surface area contributed by atoms with Crippen LogP contribution in [0.5, 0.6) is 0 Å². The van der Waals surface area contributed by atoms with Crippen LogP contribution in [0.2, 0.25) is 5.02 Å². The van der Waals surface area contributed by atoms with Crippen LogP contribution in [0.15, 0.2) is 78.9 Å². The lowest BCUT2D eigenvalue weighted by Gasteiger charge is -2.39. The summed E-state index contributed by atoms with van der Waals surface area (Å²) in [5.41, 5.74) is 3.68. The molecule has 6 heteroatoms. The highest BCUT2D eigenvalue weighted by atomic mass is 35.5. The van der Waals surface area contributed by atoms with Crippen molar-refractivity contribution < 1.29 is 4.79 Å². The van der Waals surface area contributed by atoms with Gasteiger partial charge in [0.05, 0.1) is 11.6 Å². The molecule has 5 rings (SSSR count). The van der Waals surface area contributed by atoms with E-state index in [4.69, 9.17) is 16.9 Å². The fraction of sp³-hybridized carbons (Fsp3) is 0.355. The minimum Gasteiger partial charge on any atom is -0.325 e. The molecule has 0 aromatic heterocycles. The van der Waals surface area contributed by atoms with E-state index in [1.54, 1.807) is 12.1 Å². The molecule has 3 aromatic rings. The van der Waals surface area contributed by atoms with Gasteiger partial charge in [0.2, 0.25) is 0 Å². The lowest BCUT2D eigenvalue weighted by molar-refractivity contribution is 0.111. The average molecular weight is 515 g/mol. The van der Waals surface area contributed by atoms with Crippen LogP contribution >= 0.6 is 11.6 Å². The summed E-state index contributed by atoms with van der Waals surface area (Å²) in [4.78, 5) is 16.9. The number of nitrogens with zero attached hydrogens (tertiary/aromatic N) is 3. The van der Waals surface area contributed by atoms with Crippen LogP contribution in [0.4, 0.5) is 10.5 Å². The maximum Gasteiger partial charge on any atom is 0.321 e. The van der Waals surface area contributed by atoms with Gasteiger partial charge >= 0.3 is 6.03 Å². The van der Waals surface area contributed by atoms with Crippen LogP contribution < -0.4 is 5.32 Å². The van der Waals surface area contributed by atoms with Crippen LogP contribution in [0, 0.1) is 11.3 Å². The number of rotatable bonds is 4. The fourth-order valence-electron chi connectivity index (χ4n) is 5.25. The standard InChI is InChI=1S/C18H26ClN3O.C13H9N/c1-21(18(23)20-15-6-4-5-14(19)13-15)16-9-11-22(12-10-16)17-7-2-3-8-17;14-10-11-5-4-8-13(9-11)12-6-2-1-3-7-12/h4-6,13,16-17H,2-3,7-12H2,1H3,(H,20,23);1-9H. The van der Waals surface area contributed by atoms with E-state index in [-0.39, 0.29) is 6.03 Å². The largest absolute Gasteiger partial charge is 0.325 e. The Morgan fingerprint density at radius 3 is 2.27 bits per heavy atom. The molecule has 2 fully saturated rings. The zero-order valence-electron chi connectivity index (χ0n) is 21.4. The van der Waals surface area contributed by atoms with E-state index in [0.29, 0.717) is 16.6 Å². The van der Waals surface area contributed by atoms with E-state index in [0.717, 1.165) is 48.8 Å². The number of anilines is 1. The van der Waals surface area contributed by atoms with Gasteiger partial charge in [-0.25, -0.2) is 4.79 Å². The molecule has 37 heavy (non-hydrogen) atoms. The third-order valence-corrected chi connectivity index (χ3v) is 7.62. The molecule has 0 radical (unpaired) electrons. The number of amides is 2. The summed E-state index contributed by atoms with van der Waals surface area (Å²) in [7, 11) is 1.90. The molecule has 0 atom stereocenters. The van der Waals surface area contributed by atoms with Crippen molar-refractivity contribution in [2.75, 3.05) is 25.5 Å². The molecule has 1 saturated heterocycles. The predicted molar refractivity (Wildman–Crippen MR) is 152 cm³/mol. The van der Waals surface area contributed by atoms with Gasteiger partial charge in [-0.2, -0.15) is 5.26 Å². The number of nitrogens with one attached hydrogen (secondary N) is 1. The van der Waals surface area contributed by atoms with Gasteiger partial charge in [0.25, 0.3) is 0 Å². The first kappa shape index (κ1) is 26.7. The summed E-state index contributed by atoms with van der Waals surface area (Å²) in [5.74, 6) is 0. The normalized spacial score (nSPS) is 16.4. The monoisotopic (exact) mass is 514 g/mol. The highest BCUT2D eigenvalue weighted by Gasteiger charge is 2.30. The zero-order valence-corrected chi connectivity index (χ0v) is 22.2. The van der Waals surface area contributed by atoms with Crippen molar-refractivity contribution >= 4 is 23.3 Å². The smallest absolute Gasteiger partial charge is 0.321 e. The maximum absolute atomic E-state index is 12.4. The van der Waals surface area contributed by atoms with Gasteiger partial charge in [-0.15, -0.1) is 0 Å². The Bertz CT molecular complexity index is 1200. The van der Waals surface area contributed by atoms with Gasteiger partial charge in [0, 0.05) is 42.9 Å². The molecule has 0 bridgehead atoms. The molecule has 192 valence electrons. The third-order valence-electron chi connectivity index (χ3n) is 7.38. The molecular formula is C31H35ClN4O. The fourth-order valence-corrected chi connectivity index (χ4v) is 5.44. The molecule has 1 aliphatic heterocycles. The molecule has 3 aromatic carbocycles. The van der Waals surface area contributed by atoms with E-state index in [1.807, 2.05) is 78.7 Å². The third kappa shape index (κ3) is 7.58. The van der Waals surface area contributed by atoms with Crippen molar-refractivity contribution in [2.45, 2.75) is 50.6 Å². The number of likely N-dealkylation sites (tertiary alicyclic amines) is 1. The van der Waals surface area contributed by atoms with Crippen LogP contribution in [-0.4, -0.2) is 48.1 Å². The van der Waals surface area contributed by atoms with Gasteiger partial charge in [-0.1, -0.05) is 73.0 Å². The first-order valence-electron chi connectivity index (χ1n) is 13.1. The van der Waals surface area contributed by atoms with Crippen molar-refractivity contribution in [2.24, 2.45) is 0 Å². The summed E-state index contributed by atoms with van der Waals surface area (Å²) in [6, 6.07) is 28.2. The van der Waals surface area contributed by atoms with Crippen molar-refractivity contribution in [3.63, 3.8) is 0 Å². The van der Waals surface area contributed by atoms with Gasteiger partial charge in [0.1, 0.15) is 0 Å². The number of benzene rings is 3. The number of hydrogen-bond acceptors (Lipinski definition) is 3. The minimum absolute atomic E-state index is 0.0495. The summed E-state index contributed by atoms with van der Waals surface area (Å²) in [5, 5.41) is 12.3. The Kier molecular flexibility index (Phi) is 9.59. The molecule has 1 saturated carbocycles. The SMILES string of the molecule is CN(C(=O)Nc1cccc(Cl)c1)C1CCN(C2CCCC2)CC1.N#Cc1cccc(-c2ccccc2)c1. The highest BCUT2D eigenvalue weighted by Crippen LogP contribution is 2.27. The van der Waals surface area contributed by atoms with E-state index < -0.39 is 0 Å². The Balaban J connectivity index is 0.000000195. The second-order valence-electron chi connectivity index (χ2n) is 9.82. The summed E-state index contributed by atoms with van der Waals surface area (Å²) < 4.78 is 0. The van der Waals surface area contributed by atoms with E-state index >= 15 is 0 Å². The number of hydrogen-bond donors (Lipinski definition) is 1. The Hall–Kier alpha value is -3.33. The molecule has 1 aliphatic carbocycles. The number of carbonyl (C=O) groups excluding carboxylic acids is 1. The molecule has 0 spiro atoms. The lowest BCUT2D eigenvalue weighted by Crippen LogP contribution is -2.49. The number of urea groups is 1. The number of piperidine rings is 1. The molecule has 0 unspecified atom stereocenters. The first-order chi connectivity index (χ1) is 18.0. The van der Waals surface area contributed by atoms with Crippen molar-refractivity contribution in [1.82, 2.24) is 9.80 Å². The first-order valence-corrected chi connectivity index (χ1v) is 13.5. The second kappa shape index (κ2) is 13.3. The van der Waals surface area contributed by atoms with Gasteiger partial charge in [-0.3, -0.25) is 0 Å². The van der Waals surface area contributed by atoms with Crippen LogP contribution in [0.25, 0.3) is 11.1 Å². The molecule has 1 N–H and O–H groups in total. The molecule has 1 heterocycles. The van der Waals surface area contributed by atoms with Crippen LogP contribution in [0.1, 0.15) is 44.1 Å². The summed E-state index contributed by atoms with van der Waals surface area (Å²) in [6.07, 6.45) is 7.61. The minimum atomic E-state index is -0.0495. The van der Waals surface area contributed by atoms with Gasteiger partial charge < -0.3 is 15.1 Å². The number of carbonyl (C=O) groups is 1. The molecule has 2 amide bonds. The number of nitriles is 1. The Morgan fingerprint density at radius 1 is 0.919 bits per heavy atom. The highest BCUT2D eigenvalue weighted by molar-refractivity contribution is 6.30. The van der Waals surface area contributed by atoms with E-state index in [2.05, 4.69) is 16.3 Å². The predicted octanol–water partition coefficient (Wildman–Crippen LogP) is 7.44. The Labute approximate surface area is 225 Å². The van der Waals surface area contributed by atoms with E-state index in [1.165, 1.54) is 25.7 Å². The summed E-state index contributed by atoms with van der Waals surface area (Å²) in [6.45, 7) is 2.23. The molecule has 2 aliphatic rings. The lowest BCUT2D eigenvalue weighted by atomic mass is 10.0. The van der Waals surface area contributed by atoms with Crippen LogP contribution in [-0.2, 0) is 0 Å². The molecular weight excluding hydrogens is 480 g/mol. The van der Waals surface area contributed by atoms with Crippen LogP contribution in [0.3, 0.4) is 0 Å². The van der Waals surface area contributed by atoms with Crippen molar-refractivity contribution in [3.05, 3.63) is 89.4 Å². The van der Waals surface area contributed by atoms with Gasteiger partial charge in [-0.05, 0) is 67.1 Å². The van der Waals surface area contributed by atoms with Crippen molar-refractivity contribution in [1.29, 1.82) is 5.26 Å². The average Bonchev–Trinajstić information content (AvgIpc) is 3.49. The topological polar surface area (TPSA) is 59.4 Å². The zero-order chi connectivity index (χ0) is 26.0. The summed E-state index contributed by atoms with van der Waals surface area (Å²) >= 11 is 5.96. The second-order valence-corrected chi connectivity index (χ2v) is 10.3. The number of halogens is 1. The maximum atomic E-state index is 12.4. The van der Waals surface area contributed by atoms with Crippen molar-refractivity contribution in [3.8, 4) is 17.2 Å². The Morgan fingerprint density at radius 2 is 1.59 bits per heavy atom. The molecule has 5 nitrogen and oxygen atoms in total.